The summed E-state index contributed by atoms with van der Waals surface area (Å²) in [7, 11) is 0. The fourth-order valence-electron chi connectivity index (χ4n) is 2.82. The number of hydrogen-bond acceptors (Lipinski definition) is 7. The zero-order valence-electron chi connectivity index (χ0n) is 18.8. The number of nitrogens with zero attached hydrogens (tertiary/aromatic N) is 1. The highest BCUT2D eigenvalue weighted by Crippen LogP contribution is 2.34. The smallest absolute Gasteiger partial charge is 0.435 e. The van der Waals surface area contributed by atoms with Crippen LogP contribution in [0.3, 0.4) is 0 Å². The normalized spacial score (nSPS) is 12.6. The molecule has 5 N–H and O–H groups in total. The number of alkyl halides is 3. The van der Waals surface area contributed by atoms with Crippen molar-refractivity contribution in [2.45, 2.75) is 16.8 Å². The van der Waals surface area contributed by atoms with Crippen LogP contribution in [-0.2, 0) is 9.53 Å². The third-order valence-electron chi connectivity index (χ3n) is 4.33. The van der Waals surface area contributed by atoms with Gasteiger partial charge in [-0.25, -0.2) is 14.0 Å². The first-order valence-electron chi connectivity index (χ1n) is 10.3. The van der Waals surface area contributed by atoms with Gasteiger partial charge >= 0.3 is 12.1 Å². The predicted octanol–water partition coefficient (Wildman–Crippen LogP) is 4.05. The molecule has 0 spiro atoms. The molecule has 0 fully saturated rings. The van der Waals surface area contributed by atoms with Crippen molar-refractivity contribution in [1.82, 2.24) is 0 Å². The topological polar surface area (TPSA) is 153 Å². The van der Waals surface area contributed by atoms with Crippen LogP contribution in [0, 0.1) is 5.82 Å². The number of nitrogens with two attached hydrogens (primary N) is 1. The summed E-state index contributed by atoms with van der Waals surface area (Å²) < 4.78 is 28.4. The van der Waals surface area contributed by atoms with Crippen LogP contribution in [0.4, 0.5) is 14.9 Å². The van der Waals surface area contributed by atoms with Crippen molar-refractivity contribution in [3.63, 3.8) is 0 Å². The second-order valence-corrected chi connectivity index (χ2v) is 9.50. The molecule has 36 heavy (non-hydrogen) atoms. The van der Waals surface area contributed by atoms with E-state index in [1.54, 1.807) is 6.92 Å². The molecule has 0 aliphatic carbocycles. The number of amides is 1. The standard InChI is InChI=1S/C22H23Cl3FN3O7/c1-2-34-16-9-14(15(26)10-17(16)35-8-7-30)18(20(31)32)28-13-5-3-12(4-6-13)19(27)29-21(33)36-11-22(23,24)25/h3-6,9-10,18,28,30H,2,7-8,11H2,1H3,(H,31,32)(H2,27,29,33)/t18-/m0/s1. The number of carbonyl (C=O) groups excluding carboxylic acids is 1. The molecule has 196 valence electrons. The number of anilines is 1. The number of halogens is 4. The number of aliphatic carboxylic acids is 1. The van der Waals surface area contributed by atoms with E-state index in [0.717, 1.165) is 6.07 Å². The zero-order chi connectivity index (χ0) is 26.9. The Bertz CT molecular complexity index is 1100. The Hall–Kier alpha value is -2.99. The first kappa shape index (κ1) is 29.2. The number of ether oxygens (including phenoxy) is 3. The zero-order valence-corrected chi connectivity index (χ0v) is 21.1. The average molecular weight is 567 g/mol. The van der Waals surface area contributed by atoms with Crippen molar-refractivity contribution in [3.05, 3.63) is 53.3 Å². The van der Waals surface area contributed by atoms with Gasteiger partial charge in [-0.1, -0.05) is 34.8 Å². The van der Waals surface area contributed by atoms with E-state index in [2.05, 4.69) is 15.0 Å². The molecule has 0 aliphatic rings. The third kappa shape index (κ3) is 8.90. The maximum atomic E-state index is 14.8. The van der Waals surface area contributed by atoms with Gasteiger partial charge in [0.1, 0.15) is 24.9 Å². The predicted molar refractivity (Wildman–Crippen MR) is 133 cm³/mol. The molecule has 0 bridgehead atoms. The summed E-state index contributed by atoms with van der Waals surface area (Å²) in [6.07, 6.45) is -1.07. The molecule has 0 radical (unpaired) electrons. The molecular formula is C22H23Cl3FN3O7. The third-order valence-corrected chi connectivity index (χ3v) is 4.66. The van der Waals surface area contributed by atoms with Gasteiger partial charge in [0.05, 0.1) is 13.2 Å². The number of carboxylic acid groups (broad SMARTS) is 1. The molecule has 2 rings (SSSR count). The lowest BCUT2D eigenvalue weighted by Crippen LogP contribution is -2.22. The maximum absolute atomic E-state index is 14.8. The quantitative estimate of drug-likeness (QED) is 0.179. The van der Waals surface area contributed by atoms with Gasteiger partial charge in [-0.2, -0.15) is 4.99 Å². The summed E-state index contributed by atoms with van der Waals surface area (Å²) in [6.45, 7) is 0.998. The molecular weight excluding hydrogens is 544 g/mol. The number of carbonyl (C=O) groups is 2. The van der Waals surface area contributed by atoms with Gasteiger partial charge in [-0.15, -0.1) is 0 Å². The van der Waals surface area contributed by atoms with Gasteiger partial charge in [-0.3, -0.25) is 0 Å². The fourth-order valence-corrected chi connectivity index (χ4v) is 2.99. The van der Waals surface area contributed by atoms with Crippen LogP contribution in [0.25, 0.3) is 0 Å². The highest BCUT2D eigenvalue weighted by atomic mass is 35.6. The van der Waals surface area contributed by atoms with Gasteiger partial charge < -0.3 is 35.5 Å². The summed E-state index contributed by atoms with van der Waals surface area (Å²) in [5, 5.41) is 21.4. The summed E-state index contributed by atoms with van der Waals surface area (Å²) >= 11 is 16.5. The Morgan fingerprint density at radius 2 is 1.81 bits per heavy atom. The van der Waals surface area contributed by atoms with Crippen LogP contribution in [0.1, 0.15) is 24.1 Å². The van der Waals surface area contributed by atoms with Crippen molar-refractivity contribution < 1.29 is 38.4 Å². The molecule has 0 aliphatic heterocycles. The van der Waals surface area contributed by atoms with E-state index < -0.39 is 34.3 Å². The molecule has 2 aromatic carbocycles. The van der Waals surface area contributed by atoms with Crippen molar-refractivity contribution in [2.75, 3.05) is 31.7 Å². The number of hydrogen-bond donors (Lipinski definition) is 4. The van der Waals surface area contributed by atoms with Gasteiger partial charge in [-0.05, 0) is 37.3 Å². The summed E-state index contributed by atoms with van der Waals surface area (Å²) in [5.74, 6) is -2.26. The number of aliphatic imine (C=N–C) groups is 1. The lowest BCUT2D eigenvalue weighted by Gasteiger charge is -2.20. The van der Waals surface area contributed by atoms with E-state index >= 15 is 0 Å². The monoisotopic (exact) mass is 565 g/mol. The first-order valence-corrected chi connectivity index (χ1v) is 11.5. The van der Waals surface area contributed by atoms with Gasteiger partial charge in [0.2, 0.25) is 3.79 Å². The number of aliphatic hydroxyl groups is 1. The molecule has 0 heterocycles. The molecule has 1 amide bonds. The Labute approximate surface area is 220 Å². The van der Waals surface area contributed by atoms with E-state index in [-0.39, 0.29) is 42.7 Å². The molecule has 2 aromatic rings. The largest absolute Gasteiger partial charge is 0.490 e. The second kappa shape index (κ2) is 13.4. The first-order chi connectivity index (χ1) is 16.9. The summed E-state index contributed by atoms with van der Waals surface area (Å²) in [6, 6.07) is 6.55. The van der Waals surface area contributed by atoms with Crippen LogP contribution >= 0.6 is 34.8 Å². The van der Waals surface area contributed by atoms with Crippen LogP contribution in [0.5, 0.6) is 11.5 Å². The number of rotatable bonds is 11. The Morgan fingerprint density at radius 1 is 1.17 bits per heavy atom. The summed E-state index contributed by atoms with van der Waals surface area (Å²) in [5.41, 5.74) is 6.19. The van der Waals surface area contributed by atoms with Crippen LogP contribution in [0.15, 0.2) is 41.4 Å². The average Bonchev–Trinajstić information content (AvgIpc) is 2.81. The Morgan fingerprint density at radius 3 is 2.36 bits per heavy atom. The van der Waals surface area contributed by atoms with Crippen molar-refractivity contribution >= 4 is 58.4 Å². The number of nitrogens with one attached hydrogen (secondary N) is 1. The van der Waals surface area contributed by atoms with E-state index in [1.165, 1.54) is 30.3 Å². The molecule has 1 atom stereocenters. The molecule has 10 nitrogen and oxygen atoms in total. The van der Waals surface area contributed by atoms with E-state index in [9.17, 15) is 19.1 Å². The minimum absolute atomic E-state index is 0.0303. The number of amidine groups is 1. The fraction of sp³-hybridized carbons (Fsp3) is 0.318. The number of carboxylic acids is 1. The van der Waals surface area contributed by atoms with Crippen molar-refractivity contribution in [2.24, 2.45) is 10.7 Å². The highest BCUT2D eigenvalue weighted by Gasteiger charge is 2.26. The SMILES string of the molecule is CCOc1cc([C@H](Nc2ccc(/C(N)=N/C(=O)OCC(Cl)(Cl)Cl)cc2)C(=O)O)c(F)cc1OCCO. The van der Waals surface area contributed by atoms with E-state index in [1.807, 2.05) is 0 Å². The lowest BCUT2D eigenvalue weighted by molar-refractivity contribution is -0.138. The highest BCUT2D eigenvalue weighted by molar-refractivity contribution is 6.67. The van der Waals surface area contributed by atoms with Gasteiger partial charge in [0, 0.05) is 22.9 Å². The van der Waals surface area contributed by atoms with Crippen molar-refractivity contribution in [3.8, 4) is 11.5 Å². The van der Waals surface area contributed by atoms with Gasteiger partial charge in [0.25, 0.3) is 0 Å². The molecule has 0 aromatic heterocycles. The molecule has 0 saturated heterocycles. The minimum Gasteiger partial charge on any atom is -0.490 e. The second-order valence-electron chi connectivity index (χ2n) is 6.99. The Kier molecular flexibility index (Phi) is 10.8. The van der Waals surface area contributed by atoms with Gasteiger partial charge in [0.15, 0.2) is 17.5 Å². The molecule has 0 saturated carbocycles. The Balaban J connectivity index is 2.23. The minimum atomic E-state index is -1.80. The molecule has 14 heteroatoms. The van der Waals surface area contributed by atoms with E-state index in [0.29, 0.717) is 11.3 Å². The molecule has 0 unspecified atom stereocenters. The lowest BCUT2D eigenvalue weighted by atomic mass is 10.0. The van der Waals surface area contributed by atoms with Crippen LogP contribution < -0.4 is 20.5 Å². The summed E-state index contributed by atoms with van der Waals surface area (Å²) in [4.78, 5) is 27.2. The van der Waals surface area contributed by atoms with Crippen LogP contribution in [0.2, 0.25) is 0 Å². The van der Waals surface area contributed by atoms with E-state index in [4.69, 9.17) is 55.1 Å². The number of benzene rings is 2. The number of aliphatic hydroxyl groups excluding tert-OH is 1. The van der Waals surface area contributed by atoms with Crippen molar-refractivity contribution in [1.29, 1.82) is 0 Å². The van der Waals surface area contributed by atoms with Crippen LogP contribution in [-0.4, -0.2) is 58.3 Å². The maximum Gasteiger partial charge on any atom is 0.435 e.